The summed E-state index contributed by atoms with van der Waals surface area (Å²) in [6.07, 6.45) is -1.07. The van der Waals surface area contributed by atoms with Crippen LogP contribution >= 0.6 is 0 Å². The molecule has 0 radical (unpaired) electrons. The Morgan fingerprint density at radius 1 is 1.14 bits per heavy atom. The largest absolute Gasteiger partial charge is 0.454 e. The molecular weight excluding hydrogens is 378 g/mol. The Morgan fingerprint density at radius 2 is 1.86 bits per heavy atom. The smallest absolute Gasteiger partial charge is 0.326 e. The molecule has 9 nitrogen and oxygen atoms in total. The van der Waals surface area contributed by atoms with Gasteiger partial charge in [0.1, 0.15) is 6.54 Å². The Hall–Kier alpha value is -4.06. The molecule has 148 valence electrons. The molecule has 3 rings (SSSR count). The molecular formula is C20H17N3O6. The van der Waals surface area contributed by atoms with E-state index in [0.717, 1.165) is 0 Å². The van der Waals surface area contributed by atoms with Crippen molar-refractivity contribution in [2.45, 2.75) is 13.0 Å². The summed E-state index contributed by atoms with van der Waals surface area (Å²) in [6.45, 7) is 1.10. The predicted molar refractivity (Wildman–Crippen MR) is 100 cm³/mol. The molecule has 2 aromatic carbocycles. The molecule has 0 aliphatic carbocycles. The number of ether oxygens (including phenoxy) is 3. The van der Waals surface area contributed by atoms with Crippen LogP contribution in [-0.2, 0) is 14.3 Å². The van der Waals surface area contributed by atoms with Crippen LogP contribution in [0, 0.1) is 11.3 Å². The van der Waals surface area contributed by atoms with Crippen molar-refractivity contribution in [1.82, 2.24) is 5.32 Å². The molecule has 0 saturated carbocycles. The number of hydrogen-bond acceptors (Lipinski definition) is 7. The SMILES string of the molecule is C[C@@H](OC(=O)CNC(=O)c1ccc2c(c1)OCO2)C(=O)Nc1ccc(C#N)cc1. The molecule has 1 aliphatic rings. The van der Waals surface area contributed by atoms with Gasteiger partial charge in [-0.05, 0) is 49.4 Å². The van der Waals surface area contributed by atoms with Gasteiger partial charge in [-0.2, -0.15) is 5.26 Å². The molecule has 29 heavy (non-hydrogen) atoms. The van der Waals surface area contributed by atoms with Gasteiger partial charge in [-0.3, -0.25) is 14.4 Å². The van der Waals surface area contributed by atoms with Crippen molar-refractivity contribution < 1.29 is 28.6 Å². The highest BCUT2D eigenvalue weighted by Crippen LogP contribution is 2.32. The molecule has 0 aromatic heterocycles. The number of nitriles is 1. The highest BCUT2D eigenvalue weighted by Gasteiger charge is 2.20. The minimum atomic E-state index is -1.07. The van der Waals surface area contributed by atoms with Crippen LogP contribution in [0.5, 0.6) is 11.5 Å². The molecule has 0 bridgehead atoms. The summed E-state index contributed by atoms with van der Waals surface area (Å²) < 4.78 is 15.4. The van der Waals surface area contributed by atoms with Crippen LogP contribution in [0.4, 0.5) is 5.69 Å². The van der Waals surface area contributed by atoms with E-state index in [1.165, 1.54) is 13.0 Å². The van der Waals surface area contributed by atoms with Crippen LogP contribution in [0.25, 0.3) is 0 Å². The minimum absolute atomic E-state index is 0.0924. The third kappa shape index (κ3) is 5.01. The molecule has 1 heterocycles. The second kappa shape index (κ2) is 8.75. The van der Waals surface area contributed by atoms with E-state index in [1.54, 1.807) is 36.4 Å². The van der Waals surface area contributed by atoms with E-state index in [2.05, 4.69) is 10.6 Å². The quantitative estimate of drug-likeness (QED) is 0.711. The topological polar surface area (TPSA) is 127 Å². The number of amides is 2. The van der Waals surface area contributed by atoms with Crippen LogP contribution in [0.15, 0.2) is 42.5 Å². The maximum atomic E-state index is 12.1. The van der Waals surface area contributed by atoms with Crippen molar-refractivity contribution in [2.75, 3.05) is 18.7 Å². The lowest BCUT2D eigenvalue weighted by atomic mass is 10.2. The summed E-state index contributed by atoms with van der Waals surface area (Å²) in [5.41, 5.74) is 1.22. The Kier molecular flexibility index (Phi) is 5.94. The number of carbonyl (C=O) groups is 3. The van der Waals surface area contributed by atoms with Crippen LogP contribution in [0.2, 0.25) is 0 Å². The molecule has 0 unspecified atom stereocenters. The summed E-state index contributed by atoms with van der Waals surface area (Å²) >= 11 is 0. The monoisotopic (exact) mass is 395 g/mol. The van der Waals surface area contributed by atoms with Gasteiger partial charge in [-0.25, -0.2) is 0 Å². The van der Waals surface area contributed by atoms with E-state index in [1.807, 2.05) is 6.07 Å². The maximum absolute atomic E-state index is 12.1. The van der Waals surface area contributed by atoms with Crippen molar-refractivity contribution in [2.24, 2.45) is 0 Å². The van der Waals surface area contributed by atoms with Gasteiger partial charge in [0.25, 0.3) is 11.8 Å². The first-order chi connectivity index (χ1) is 14.0. The zero-order chi connectivity index (χ0) is 20.8. The average Bonchev–Trinajstić information content (AvgIpc) is 3.20. The highest BCUT2D eigenvalue weighted by molar-refractivity contribution is 5.97. The number of carbonyl (C=O) groups excluding carboxylic acids is 3. The number of benzene rings is 2. The fraction of sp³-hybridized carbons (Fsp3) is 0.200. The first kappa shape index (κ1) is 19.7. The fourth-order valence-electron chi connectivity index (χ4n) is 2.46. The van der Waals surface area contributed by atoms with Gasteiger partial charge < -0.3 is 24.8 Å². The van der Waals surface area contributed by atoms with Gasteiger partial charge in [-0.15, -0.1) is 0 Å². The van der Waals surface area contributed by atoms with E-state index in [-0.39, 0.29) is 6.79 Å². The van der Waals surface area contributed by atoms with Gasteiger partial charge in [-0.1, -0.05) is 0 Å². The van der Waals surface area contributed by atoms with Gasteiger partial charge in [0, 0.05) is 11.3 Å². The Morgan fingerprint density at radius 3 is 2.59 bits per heavy atom. The summed E-state index contributed by atoms with van der Waals surface area (Å²) in [4.78, 5) is 36.2. The summed E-state index contributed by atoms with van der Waals surface area (Å²) in [5.74, 6) is -0.793. The van der Waals surface area contributed by atoms with Gasteiger partial charge >= 0.3 is 5.97 Å². The Balaban J connectivity index is 1.46. The summed E-state index contributed by atoms with van der Waals surface area (Å²) in [6, 6.07) is 12.9. The van der Waals surface area contributed by atoms with Crippen molar-refractivity contribution in [3.63, 3.8) is 0 Å². The third-order valence-electron chi connectivity index (χ3n) is 3.99. The first-order valence-corrected chi connectivity index (χ1v) is 8.64. The number of nitrogens with zero attached hydrogens (tertiary/aromatic N) is 1. The van der Waals surface area contributed by atoms with Crippen LogP contribution < -0.4 is 20.1 Å². The second-order valence-corrected chi connectivity index (χ2v) is 6.06. The average molecular weight is 395 g/mol. The maximum Gasteiger partial charge on any atom is 0.326 e. The van der Waals surface area contributed by atoms with Crippen LogP contribution in [0.1, 0.15) is 22.8 Å². The Labute approximate surface area is 166 Å². The highest BCUT2D eigenvalue weighted by atomic mass is 16.7. The van der Waals surface area contributed by atoms with E-state index in [4.69, 9.17) is 19.5 Å². The second-order valence-electron chi connectivity index (χ2n) is 6.06. The van der Waals surface area contributed by atoms with Crippen LogP contribution in [0.3, 0.4) is 0 Å². The third-order valence-corrected chi connectivity index (χ3v) is 3.99. The number of rotatable bonds is 6. The van der Waals surface area contributed by atoms with Gasteiger partial charge in [0.2, 0.25) is 6.79 Å². The van der Waals surface area contributed by atoms with Gasteiger partial charge in [0.15, 0.2) is 17.6 Å². The number of anilines is 1. The fourth-order valence-corrected chi connectivity index (χ4v) is 2.46. The number of fused-ring (bicyclic) bond motifs is 1. The zero-order valence-corrected chi connectivity index (χ0v) is 15.4. The van der Waals surface area contributed by atoms with Gasteiger partial charge in [0.05, 0.1) is 11.6 Å². The lowest BCUT2D eigenvalue weighted by Crippen LogP contribution is -2.35. The molecule has 1 atom stereocenters. The van der Waals surface area contributed by atoms with Crippen molar-refractivity contribution in [3.8, 4) is 17.6 Å². The van der Waals surface area contributed by atoms with E-state index in [9.17, 15) is 14.4 Å². The molecule has 9 heteroatoms. The standard InChI is InChI=1S/C20H17N3O6/c1-12(19(25)23-15-5-2-13(9-21)3-6-15)29-18(24)10-22-20(26)14-4-7-16-17(8-14)28-11-27-16/h2-8,12H,10-11H2,1H3,(H,22,26)(H,23,25)/t12-/m1/s1. The van der Waals surface area contributed by atoms with Crippen molar-refractivity contribution in [1.29, 1.82) is 5.26 Å². The lowest BCUT2D eigenvalue weighted by molar-refractivity contribution is -0.152. The van der Waals surface area contributed by atoms with E-state index < -0.39 is 30.4 Å². The van der Waals surface area contributed by atoms with Crippen LogP contribution in [-0.4, -0.2) is 37.2 Å². The molecule has 0 fully saturated rings. The van der Waals surface area contributed by atoms with E-state index >= 15 is 0 Å². The number of esters is 1. The summed E-state index contributed by atoms with van der Waals surface area (Å²) in [5, 5.41) is 13.8. The summed E-state index contributed by atoms with van der Waals surface area (Å²) in [7, 11) is 0. The zero-order valence-electron chi connectivity index (χ0n) is 15.4. The number of hydrogen-bond donors (Lipinski definition) is 2. The first-order valence-electron chi connectivity index (χ1n) is 8.64. The molecule has 1 aliphatic heterocycles. The minimum Gasteiger partial charge on any atom is -0.454 e. The van der Waals surface area contributed by atoms with Crippen molar-refractivity contribution in [3.05, 3.63) is 53.6 Å². The normalized spacial score (nSPS) is 12.4. The lowest BCUT2D eigenvalue weighted by Gasteiger charge is -2.14. The molecule has 2 aromatic rings. The van der Waals surface area contributed by atoms with Crippen molar-refractivity contribution >= 4 is 23.5 Å². The Bertz CT molecular complexity index is 981. The molecule has 0 saturated heterocycles. The number of nitrogens with one attached hydrogen (secondary N) is 2. The predicted octanol–water partition coefficient (Wildman–Crippen LogP) is 1.59. The molecule has 0 spiro atoms. The van der Waals surface area contributed by atoms with E-state index in [0.29, 0.717) is 28.3 Å². The molecule has 2 amide bonds. The molecule has 2 N–H and O–H groups in total.